The molecule has 0 rings (SSSR count). The molecule has 0 saturated heterocycles. The predicted octanol–water partition coefficient (Wildman–Crippen LogP) is 3.70. The molecule has 0 bridgehead atoms. The van der Waals surface area contributed by atoms with Gasteiger partial charge in [-0.2, -0.15) is 0 Å². The first-order valence-corrected chi connectivity index (χ1v) is 7.40. The third-order valence-corrected chi connectivity index (χ3v) is 3.07. The van der Waals surface area contributed by atoms with Crippen LogP contribution < -0.4 is 0 Å². The Labute approximate surface area is 98.4 Å². The van der Waals surface area contributed by atoms with Crippen molar-refractivity contribution in [2.24, 2.45) is 0 Å². The molecule has 0 fully saturated rings. The smallest absolute Gasteiger partial charge is 0.321 e. The Bertz CT molecular complexity index is 299. The van der Waals surface area contributed by atoms with Crippen LogP contribution in [0.1, 0.15) is 46.0 Å². The van der Waals surface area contributed by atoms with Crippen molar-refractivity contribution in [3.05, 3.63) is 11.9 Å². The van der Waals surface area contributed by atoms with Crippen molar-refractivity contribution in [1.29, 1.82) is 0 Å². The Morgan fingerprint density at radius 1 is 1.31 bits per heavy atom. The SMILES string of the molecule is CCCCCCC#C/C=C\P(=O)(O)OCC. The lowest BCUT2D eigenvalue weighted by molar-refractivity contribution is 0.283. The number of allylic oxidation sites excluding steroid dienone is 1. The molecule has 1 N–H and O–H groups in total. The lowest BCUT2D eigenvalue weighted by atomic mass is 10.2. The zero-order chi connectivity index (χ0) is 12.3. The molecule has 0 aromatic rings. The van der Waals surface area contributed by atoms with Crippen LogP contribution in [-0.4, -0.2) is 11.5 Å². The van der Waals surface area contributed by atoms with Gasteiger partial charge in [0.05, 0.1) is 6.61 Å². The molecule has 1 atom stereocenters. The van der Waals surface area contributed by atoms with E-state index in [9.17, 15) is 4.57 Å². The van der Waals surface area contributed by atoms with Crippen LogP contribution in [0.3, 0.4) is 0 Å². The summed E-state index contributed by atoms with van der Waals surface area (Å²) in [6.45, 7) is 4.07. The molecule has 0 radical (unpaired) electrons. The van der Waals surface area contributed by atoms with Crippen molar-refractivity contribution in [2.75, 3.05) is 6.61 Å². The summed E-state index contributed by atoms with van der Waals surface area (Å²) in [6.07, 6.45) is 7.00. The quantitative estimate of drug-likeness (QED) is 0.422. The second kappa shape index (κ2) is 9.66. The van der Waals surface area contributed by atoms with E-state index in [-0.39, 0.29) is 6.61 Å². The molecule has 16 heavy (non-hydrogen) atoms. The van der Waals surface area contributed by atoms with E-state index in [2.05, 4.69) is 23.3 Å². The van der Waals surface area contributed by atoms with Gasteiger partial charge in [-0.15, -0.1) is 0 Å². The zero-order valence-corrected chi connectivity index (χ0v) is 11.0. The van der Waals surface area contributed by atoms with Crippen molar-refractivity contribution in [1.82, 2.24) is 0 Å². The van der Waals surface area contributed by atoms with E-state index in [1.807, 2.05) is 0 Å². The molecular weight excluding hydrogens is 223 g/mol. The maximum Gasteiger partial charge on any atom is 0.352 e. The molecule has 0 aromatic carbocycles. The van der Waals surface area contributed by atoms with Gasteiger partial charge < -0.3 is 9.42 Å². The maximum absolute atomic E-state index is 11.2. The first-order chi connectivity index (χ1) is 7.62. The third-order valence-electron chi connectivity index (χ3n) is 1.92. The van der Waals surface area contributed by atoms with Gasteiger partial charge in [-0.3, -0.25) is 4.57 Å². The van der Waals surface area contributed by atoms with Gasteiger partial charge in [0.2, 0.25) is 0 Å². The summed E-state index contributed by atoms with van der Waals surface area (Å²) in [5.74, 6) is 6.80. The Morgan fingerprint density at radius 3 is 2.69 bits per heavy atom. The van der Waals surface area contributed by atoms with E-state index in [0.717, 1.165) is 18.7 Å². The summed E-state index contributed by atoms with van der Waals surface area (Å²) in [5.41, 5.74) is 0. The van der Waals surface area contributed by atoms with E-state index in [1.165, 1.54) is 25.3 Å². The van der Waals surface area contributed by atoms with Crippen LogP contribution in [0, 0.1) is 11.8 Å². The van der Waals surface area contributed by atoms with E-state index in [0.29, 0.717) is 0 Å². The average molecular weight is 244 g/mol. The van der Waals surface area contributed by atoms with Gasteiger partial charge in [-0.1, -0.05) is 38.0 Å². The van der Waals surface area contributed by atoms with Crippen LogP contribution >= 0.6 is 7.60 Å². The average Bonchev–Trinajstić information content (AvgIpc) is 2.22. The summed E-state index contributed by atoms with van der Waals surface area (Å²) in [7, 11) is -3.54. The molecule has 0 spiro atoms. The van der Waals surface area contributed by atoms with Crippen LogP contribution in [-0.2, 0) is 9.09 Å². The lowest BCUT2D eigenvalue weighted by Gasteiger charge is -2.02. The number of hydrogen-bond donors (Lipinski definition) is 1. The zero-order valence-electron chi connectivity index (χ0n) is 10.1. The van der Waals surface area contributed by atoms with Crippen LogP contribution in [0.25, 0.3) is 0 Å². The monoisotopic (exact) mass is 244 g/mol. The van der Waals surface area contributed by atoms with Gasteiger partial charge in [-0.25, -0.2) is 0 Å². The summed E-state index contributed by atoms with van der Waals surface area (Å²) in [4.78, 5) is 9.17. The molecule has 0 aromatic heterocycles. The highest BCUT2D eigenvalue weighted by atomic mass is 31.2. The molecule has 0 saturated carbocycles. The highest BCUT2D eigenvalue weighted by molar-refractivity contribution is 7.56. The van der Waals surface area contributed by atoms with Crippen molar-refractivity contribution < 1.29 is 14.0 Å². The highest BCUT2D eigenvalue weighted by Gasteiger charge is 2.11. The van der Waals surface area contributed by atoms with E-state index < -0.39 is 7.60 Å². The fraction of sp³-hybridized carbons (Fsp3) is 0.667. The molecule has 0 heterocycles. The van der Waals surface area contributed by atoms with E-state index in [4.69, 9.17) is 4.89 Å². The third kappa shape index (κ3) is 9.98. The van der Waals surface area contributed by atoms with Crippen molar-refractivity contribution in [3.63, 3.8) is 0 Å². The lowest BCUT2D eigenvalue weighted by Crippen LogP contribution is -1.83. The topological polar surface area (TPSA) is 46.5 Å². The van der Waals surface area contributed by atoms with Crippen molar-refractivity contribution in [3.8, 4) is 11.8 Å². The molecule has 1 unspecified atom stereocenters. The molecule has 0 aliphatic heterocycles. The minimum absolute atomic E-state index is 0.225. The molecule has 3 nitrogen and oxygen atoms in total. The van der Waals surface area contributed by atoms with Crippen molar-refractivity contribution in [2.45, 2.75) is 46.0 Å². The Hall–Kier alpha value is -0.550. The van der Waals surface area contributed by atoms with Crippen LogP contribution in [0.4, 0.5) is 0 Å². The van der Waals surface area contributed by atoms with Gasteiger partial charge >= 0.3 is 7.60 Å². The number of hydrogen-bond acceptors (Lipinski definition) is 2. The fourth-order valence-corrected chi connectivity index (χ4v) is 1.85. The summed E-state index contributed by atoms with van der Waals surface area (Å²) in [5, 5.41) is 0. The molecule has 4 heteroatoms. The fourth-order valence-electron chi connectivity index (χ4n) is 1.13. The Kier molecular flexibility index (Phi) is 9.33. The van der Waals surface area contributed by atoms with Crippen LogP contribution in [0.2, 0.25) is 0 Å². The standard InChI is InChI=1S/C12H21O3P/c1-3-5-6-7-8-9-10-11-12-16(13,14)15-4-2/h11-12H,3-8H2,1-2H3,(H,13,14)/b12-11-. The normalized spacial score (nSPS) is 14.4. The second-order valence-electron chi connectivity index (χ2n) is 3.43. The largest absolute Gasteiger partial charge is 0.352 e. The van der Waals surface area contributed by atoms with Crippen molar-refractivity contribution >= 4 is 7.60 Å². The minimum atomic E-state index is -3.54. The Morgan fingerprint density at radius 2 is 2.06 bits per heavy atom. The number of rotatable bonds is 7. The maximum atomic E-state index is 11.2. The summed E-state index contributed by atoms with van der Waals surface area (Å²) < 4.78 is 15.8. The van der Waals surface area contributed by atoms with Gasteiger partial charge in [-0.05, 0) is 19.4 Å². The summed E-state index contributed by atoms with van der Waals surface area (Å²) in [6, 6.07) is 0. The minimum Gasteiger partial charge on any atom is -0.321 e. The highest BCUT2D eigenvalue weighted by Crippen LogP contribution is 2.42. The number of unbranched alkanes of at least 4 members (excludes halogenated alkanes) is 4. The molecular formula is C12H21O3P. The molecule has 0 aliphatic carbocycles. The first-order valence-electron chi connectivity index (χ1n) is 5.75. The Balaban J connectivity index is 3.74. The van der Waals surface area contributed by atoms with Gasteiger partial charge in [0.1, 0.15) is 0 Å². The van der Waals surface area contributed by atoms with Gasteiger partial charge in [0.25, 0.3) is 0 Å². The predicted molar refractivity (Wildman–Crippen MR) is 67.1 cm³/mol. The van der Waals surface area contributed by atoms with Gasteiger partial charge in [0, 0.05) is 12.2 Å². The van der Waals surface area contributed by atoms with Crippen LogP contribution in [0.5, 0.6) is 0 Å². The van der Waals surface area contributed by atoms with E-state index >= 15 is 0 Å². The molecule has 0 amide bonds. The first kappa shape index (κ1) is 15.4. The van der Waals surface area contributed by atoms with E-state index in [1.54, 1.807) is 6.92 Å². The van der Waals surface area contributed by atoms with Crippen LogP contribution in [0.15, 0.2) is 11.9 Å². The molecule has 0 aliphatic rings. The molecule has 92 valence electrons. The summed E-state index contributed by atoms with van der Waals surface area (Å²) >= 11 is 0. The second-order valence-corrected chi connectivity index (χ2v) is 5.11. The van der Waals surface area contributed by atoms with Gasteiger partial charge in [0.15, 0.2) is 0 Å².